The van der Waals surface area contributed by atoms with E-state index in [2.05, 4.69) is 15.5 Å². The van der Waals surface area contributed by atoms with Gasteiger partial charge in [-0.25, -0.2) is 4.68 Å². The Labute approximate surface area is 78.1 Å². The van der Waals surface area contributed by atoms with Gasteiger partial charge < -0.3 is 0 Å². The molecule has 0 fully saturated rings. The molecule has 2 aromatic rings. The Hall–Kier alpha value is -2.31. The van der Waals surface area contributed by atoms with Gasteiger partial charge in [0, 0.05) is 12.1 Å². The third kappa shape index (κ3) is 1.42. The van der Waals surface area contributed by atoms with E-state index in [1.807, 2.05) is 0 Å². The molecule has 0 radical (unpaired) electrons. The second kappa shape index (κ2) is 3.21. The smallest absolute Gasteiger partial charge is 0.258 e. The van der Waals surface area contributed by atoms with Crippen molar-refractivity contribution in [2.75, 3.05) is 0 Å². The summed E-state index contributed by atoms with van der Waals surface area (Å²) in [6.45, 7) is 0. The second-order valence-corrected chi connectivity index (χ2v) is 2.53. The fourth-order valence-electron chi connectivity index (χ4n) is 1.03. The molecule has 0 aliphatic rings. The molecule has 0 aliphatic heterocycles. The first-order chi connectivity index (χ1) is 6.77. The molecule has 1 aromatic heterocycles. The van der Waals surface area contributed by atoms with Crippen molar-refractivity contribution in [1.29, 1.82) is 0 Å². The van der Waals surface area contributed by atoms with Crippen LogP contribution in [0.3, 0.4) is 0 Å². The molecule has 70 valence electrons. The lowest BCUT2D eigenvalue weighted by Crippen LogP contribution is -1.96. The molecule has 2 rings (SSSR count). The summed E-state index contributed by atoms with van der Waals surface area (Å²) in [5.41, 5.74) is 0.571. The van der Waals surface area contributed by atoms with Gasteiger partial charge in [0.1, 0.15) is 6.33 Å². The van der Waals surface area contributed by atoms with Crippen molar-refractivity contribution >= 4 is 5.69 Å². The van der Waals surface area contributed by atoms with Crippen molar-refractivity contribution in [1.82, 2.24) is 20.2 Å². The highest BCUT2D eigenvalue weighted by Crippen LogP contribution is 2.14. The van der Waals surface area contributed by atoms with E-state index in [0.29, 0.717) is 5.69 Å². The lowest BCUT2D eigenvalue weighted by atomic mass is 10.3. The van der Waals surface area contributed by atoms with Gasteiger partial charge in [0.25, 0.3) is 5.69 Å². The zero-order valence-corrected chi connectivity index (χ0v) is 6.94. The molecule has 14 heavy (non-hydrogen) atoms. The first-order valence-corrected chi connectivity index (χ1v) is 3.75. The number of tetrazole rings is 1. The Morgan fingerprint density at radius 2 is 2.29 bits per heavy atom. The summed E-state index contributed by atoms with van der Waals surface area (Å²) in [6, 6.07) is 6.07. The molecule has 0 saturated heterocycles. The average molecular weight is 191 g/mol. The highest BCUT2D eigenvalue weighted by Gasteiger charge is 2.06. The van der Waals surface area contributed by atoms with Crippen LogP contribution in [-0.2, 0) is 0 Å². The third-order valence-electron chi connectivity index (χ3n) is 1.65. The van der Waals surface area contributed by atoms with Gasteiger partial charge in [0.15, 0.2) is 0 Å². The number of nitro benzene ring substituents is 1. The largest absolute Gasteiger partial charge is 0.271 e. The summed E-state index contributed by atoms with van der Waals surface area (Å²) < 4.78 is 1.35. The molecule has 0 saturated carbocycles. The molecule has 0 amide bonds. The van der Waals surface area contributed by atoms with Crippen LogP contribution in [0.1, 0.15) is 0 Å². The van der Waals surface area contributed by atoms with Crippen LogP contribution in [0.15, 0.2) is 30.6 Å². The van der Waals surface area contributed by atoms with Gasteiger partial charge in [-0.05, 0) is 16.5 Å². The topological polar surface area (TPSA) is 86.7 Å². The Morgan fingerprint density at radius 1 is 1.43 bits per heavy atom. The fourth-order valence-corrected chi connectivity index (χ4v) is 1.03. The minimum Gasteiger partial charge on any atom is -0.258 e. The summed E-state index contributed by atoms with van der Waals surface area (Å²) in [6.07, 6.45) is 1.37. The maximum absolute atomic E-state index is 10.5. The van der Waals surface area contributed by atoms with Crippen molar-refractivity contribution in [2.45, 2.75) is 0 Å². The highest BCUT2D eigenvalue weighted by atomic mass is 16.6. The molecule has 0 aliphatic carbocycles. The van der Waals surface area contributed by atoms with Crippen LogP contribution >= 0.6 is 0 Å². The number of rotatable bonds is 2. The monoisotopic (exact) mass is 191 g/mol. The van der Waals surface area contributed by atoms with E-state index < -0.39 is 4.92 Å². The number of hydrogen-bond acceptors (Lipinski definition) is 5. The van der Waals surface area contributed by atoms with Crippen molar-refractivity contribution in [2.24, 2.45) is 0 Å². The van der Waals surface area contributed by atoms with E-state index in [4.69, 9.17) is 0 Å². The third-order valence-corrected chi connectivity index (χ3v) is 1.65. The predicted molar refractivity (Wildman–Crippen MR) is 45.8 cm³/mol. The molecule has 7 nitrogen and oxygen atoms in total. The standard InChI is InChI=1S/C7H5N5O2/c13-12(14)7-3-1-2-6(4-7)11-5-8-9-10-11/h1-5H. The van der Waals surface area contributed by atoms with Gasteiger partial charge >= 0.3 is 0 Å². The number of hydrogen-bond donors (Lipinski definition) is 0. The summed E-state index contributed by atoms with van der Waals surface area (Å²) in [5, 5.41) is 21.0. The average Bonchev–Trinajstić information content (AvgIpc) is 2.71. The van der Waals surface area contributed by atoms with Crippen molar-refractivity contribution < 1.29 is 4.92 Å². The zero-order chi connectivity index (χ0) is 9.97. The molecule has 0 atom stereocenters. The molecule has 1 aromatic carbocycles. The van der Waals surface area contributed by atoms with Crippen molar-refractivity contribution in [3.63, 3.8) is 0 Å². The van der Waals surface area contributed by atoms with Crippen LogP contribution in [0.4, 0.5) is 5.69 Å². The van der Waals surface area contributed by atoms with E-state index >= 15 is 0 Å². The SMILES string of the molecule is O=[N+]([O-])c1cccc(-n2cnnn2)c1. The van der Waals surface area contributed by atoms with Crippen LogP contribution in [-0.4, -0.2) is 25.1 Å². The molecule has 1 heterocycles. The van der Waals surface area contributed by atoms with E-state index in [-0.39, 0.29) is 5.69 Å². The molecule has 0 N–H and O–H groups in total. The summed E-state index contributed by atoms with van der Waals surface area (Å²) in [5.74, 6) is 0. The highest BCUT2D eigenvalue weighted by molar-refractivity contribution is 5.41. The first kappa shape index (κ1) is 8.30. The fraction of sp³-hybridized carbons (Fsp3) is 0. The molecule has 0 unspecified atom stereocenters. The lowest BCUT2D eigenvalue weighted by Gasteiger charge is -1.97. The van der Waals surface area contributed by atoms with Crippen molar-refractivity contribution in [3.8, 4) is 5.69 Å². The Bertz CT molecular complexity index is 453. The minimum atomic E-state index is -0.464. The van der Waals surface area contributed by atoms with Gasteiger partial charge in [-0.3, -0.25) is 10.1 Å². The number of nitrogens with zero attached hydrogens (tertiary/aromatic N) is 5. The van der Waals surface area contributed by atoms with Crippen molar-refractivity contribution in [3.05, 3.63) is 40.7 Å². The Kier molecular flexibility index (Phi) is 1.90. The molecule has 0 bridgehead atoms. The zero-order valence-electron chi connectivity index (χ0n) is 6.94. The van der Waals surface area contributed by atoms with E-state index in [9.17, 15) is 10.1 Å². The van der Waals surface area contributed by atoms with Crippen LogP contribution in [0.2, 0.25) is 0 Å². The van der Waals surface area contributed by atoms with E-state index in [1.165, 1.54) is 23.1 Å². The van der Waals surface area contributed by atoms with Gasteiger partial charge in [0.05, 0.1) is 10.6 Å². The maximum Gasteiger partial charge on any atom is 0.271 e. The summed E-state index contributed by atoms with van der Waals surface area (Å²) in [7, 11) is 0. The Balaban J connectivity index is 2.46. The summed E-state index contributed by atoms with van der Waals surface area (Å²) >= 11 is 0. The number of non-ortho nitro benzene ring substituents is 1. The predicted octanol–water partition coefficient (Wildman–Crippen LogP) is 0.570. The molecular weight excluding hydrogens is 186 g/mol. The van der Waals surface area contributed by atoms with Gasteiger partial charge in [0.2, 0.25) is 0 Å². The van der Waals surface area contributed by atoms with Gasteiger partial charge in [-0.1, -0.05) is 6.07 Å². The maximum atomic E-state index is 10.5. The number of nitro groups is 1. The normalized spacial score (nSPS) is 10.0. The second-order valence-electron chi connectivity index (χ2n) is 2.53. The van der Waals surface area contributed by atoms with Crippen LogP contribution in [0.5, 0.6) is 0 Å². The number of benzene rings is 1. The van der Waals surface area contributed by atoms with Gasteiger partial charge in [-0.2, -0.15) is 0 Å². The minimum absolute atomic E-state index is 0.0120. The number of aromatic nitrogens is 4. The molecule has 7 heteroatoms. The van der Waals surface area contributed by atoms with Crippen LogP contribution in [0.25, 0.3) is 5.69 Å². The van der Waals surface area contributed by atoms with Gasteiger partial charge in [-0.15, -0.1) is 5.10 Å². The molecule has 0 spiro atoms. The van der Waals surface area contributed by atoms with E-state index in [0.717, 1.165) is 0 Å². The first-order valence-electron chi connectivity index (χ1n) is 3.75. The van der Waals surface area contributed by atoms with Crippen LogP contribution in [0, 0.1) is 10.1 Å². The summed E-state index contributed by atoms with van der Waals surface area (Å²) in [4.78, 5) is 10.0. The van der Waals surface area contributed by atoms with Crippen LogP contribution < -0.4 is 0 Å². The Morgan fingerprint density at radius 3 is 2.93 bits per heavy atom. The lowest BCUT2D eigenvalue weighted by molar-refractivity contribution is -0.384. The molecular formula is C7H5N5O2. The van der Waals surface area contributed by atoms with E-state index in [1.54, 1.807) is 12.1 Å². The quantitative estimate of drug-likeness (QED) is 0.511.